The summed E-state index contributed by atoms with van der Waals surface area (Å²) in [6.07, 6.45) is 2.99. The van der Waals surface area contributed by atoms with Gasteiger partial charge in [0.05, 0.1) is 17.9 Å². The molecule has 0 bridgehead atoms. The van der Waals surface area contributed by atoms with Gasteiger partial charge in [0.2, 0.25) is 0 Å². The molecule has 9 heteroatoms. The van der Waals surface area contributed by atoms with Crippen molar-refractivity contribution >= 4 is 18.3 Å². The van der Waals surface area contributed by atoms with Gasteiger partial charge in [0, 0.05) is 12.5 Å². The second-order valence-corrected chi connectivity index (χ2v) is 8.17. The van der Waals surface area contributed by atoms with E-state index in [9.17, 15) is 14.7 Å². The number of hydrogen-bond acceptors (Lipinski definition) is 7. The fraction of sp³-hybridized carbons (Fsp3) is 0.185. The summed E-state index contributed by atoms with van der Waals surface area (Å²) in [5.74, 6) is -0.160. The van der Waals surface area contributed by atoms with Gasteiger partial charge in [0.15, 0.2) is 0 Å². The van der Waals surface area contributed by atoms with E-state index in [0.29, 0.717) is 25.9 Å². The summed E-state index contributed by atoms with van der Waals surface area (Å²) in [7, 11) is 1.82. The summed E-state index contributed by atoms with van der Waals surface area (Å²) in [4.78, 5) is 21.1. The van der Waals surface area contributed by atoms with Crippen molar-refractivity contribution in [3.05, 3.63) is 96.2 Å². The van der Waals surface area contributed by atoms with Gasteiger partial charge >= 0.3 is 29.6 Å². The van der Waals surface area contributed by atoms with Gasteiger partial charge in [0.1, 0.15) is 12.4 Å². The molecule has 0 saturated heterocycles. The Kier molecular flexibility index (Phi) is 9.41. The molecule has 1 aliphatic rings. The van der Waals surface area contributed by atoms with Crippen molar-refractivity contribution in [1.29, 1.82) is 0 Å². The number of carbonyl (C=O) groups is 2. The molecule has 0 atom stereocenters. The van der Waals surface area contributed by atoms with E-state index >= 15 is 0 Å². The predicted octanol–water partition coefficient (Wildman–Crippen LogP) is 0.121. The summed E-state index contributed by atoms with van der Waals surface area (Å²) in [6.45, 7) is 0.817. The Labute approximate surface area is 231 Å². The summed E-state index contributed by atoms with van der Waals surface area (Å²) in [6, 6.07) is 25.2. The number of hydrogen-bond donors (Lipinski definition) is 1. The Morgan fingerprint density at radius 1 is 1.03 bits per heavy atom. The molecular weight excluding hydrogens is 467 g/mol. The van der Waals surface area contributed by atoms with E-state index in [1.54, 1.807) is 10.9 Å². The maximum Gasteiger partial charge on any atom is 1.00 e. The predicted molar refractivity (Wildman–Crippen MR) is 130 cm³/mol. The van der Waals surface area contributed by atoms with Crippen LogP contribution in [0.15, 0.2) is 85.1 Å². The summed E-state index contributed by atoms with van der Waals surface area (Å²) in [5.41, 5.74) is 4.08. The number of nitrogens with zero attached hydrogens (tertiary/aromatic N) is 3. The average molecular weight is 493 g/mol. The first kappa shape index (κ1) is 27.1. The van der Waals surface area contributed by atoms with E-state index in [2.05, 4.69) is 20.4 Å². The minimum absolute atomic E-state index is 0. The van der Waals surface area contributed by atoms with Crippen molar-refractivity contribution < 1.29 is 49.0 Å². The van der Waals surface area contributed by atoms with Crippen LogP contribution < -0.4 is 40.0 Å². The number of carboxylic acid groups (broad SMARTS) is 1. The second kappa shape index (κ2) is 12.5. The molecule has 0 amide bonds. The van der Waals surface area contributed by atoms with E-state index in [-0.39, 0.29) is 29.6 Å². The van der Waals surface area contributed by atoms with Crippen molar-refractivity contribution in [2.75, 3.05) is 12.4 Å². The molecule has 0 aliphatic heterocycles. The number of rotatable bonds is 8. The van der Waals surface area contributed by atoms with E-state index in [0.717, 1.165) is 33.8 Å². The molecule has 36 heavy (non-hydrogen) atoms. The molecule has 1 aromatic heterocycles. The normalized spacial score (nSPS) is 12.8. The smallest absolute Gasteiger partial charge is 0.549 e. The molecule has 1 saturated carbocycles. The number of anilines is 1. The molecule has 4 aromatic rings. The Hall–Kier alpha value is -3.46. The first-order valence-electron chi connectivity index (χ1n) is 11.2. The van der Waals surface area contributed by atoms with Crippen LogP contribution in [-0.4, -0.2) is 34.5 Å². The van der Waals surface area contributed by atoms with Gasteiger partial charge in [-0.2, -0.15) is 4.68 Å². The molecule has 0 radical (unpaired) electrons. The number of nitrogens with one attached hydrogen (secondary N) is 1. The zero-order valence-electron chi connectivity index (χ0n) is 20.3. The Bertz CT molecular complexity index is 1270. The Morgan fingerprint density at radius 3 is 2.17 bits per heavy atom. The maximum atomic E-state index is 11.3. The topological polar surface area (TPSA) is 109 Å². The van der Waals surface area contributed by atoms with E-state index < -0.39 is 11.4 Å². The molecule has 3 aromatic carbocycles. The van der Waals surface area contributed by atoms with Crippen LogP contribution in [0.3, 0.4) is 0 Å². The van der Waals surface area contributed by atoms with Crippen LogP contribution in [0.4, 0.5) is 5.82 Å². The largest absolute Gasteiger partial charge is 1.00 e. The van der Waals surface area contributed by atoms with Crippen LogP contribution in [-0.2, 0) is 26.3 Å². The summed E-state index contributed by atoms with van der Waals surface area (Å²) in [5, 5.41) is 22.3. The van der Waals surface area contributed by atoms with Gasteiger partial charge in [-0.15, -0.1) is 5.10 Å². The quantitative estimate of drug-likeness (QED) is 0.275. The van der Waals surface area contributed by atoms with Gasteiger partial charge in [0.25, 0.3) is 6.47 Å². The third-order valence-electron chi connectivity index (χ3n) is 5.99. The Balaban J connectivity index is 0.000000278. The number of aliphatic carboxylic acids is 1. The fourth-order valence-electron chi connectivity index (χ4n) is 3.81. The van der Waals surface area contributed by atoms with Gasteiger partial charge in [-0.05, 0) is 47.2 Å². The number of carboxylic acids is 1. The summed E-state index contributed by atoms with van der Waals surface area (Å²) < 4.78 is 6.26. The van der Waals surface area contributed by atoms with Crippen molar-refractivity contribution in [3.63, 3.8) is 0 Å². The fourth-order valence-corrected chi connectivity index (χ4v) is 3.81. The van der Waals surface area contributed by atoms with Crippen LogP contribution >= 0.6 is 0 Å². The molecule has 1 N–H and O–H groups in total. The molecule has 8 nitrogen and oxygen atoms in total. The second-order valence-electron chi connectivity index (χ2n) is 8.17. The SMILES string of the molecule is CNc1cnnn1-c1ccc(-c2ccc(C3(C(=O)[O-])CC3)cc2)cc1.O=COCc1ccccc1.[Na+]. The zero-order chi connectivity index (χ0) is 24.7. The minimum atomic E-state index is -0.974. The van der Waals surface area contributed by atoms with Crippen molar-refractivity contribution in [3.8, 4) is 16.8 Å². The van der Waals surface area contributed by atoms with Crippen LogP contribution in [0, 0.1) is 0 Å². The van der Waals surface area contributed by atoms with Crippen LogP contribution in [0.1, 0.15) is 24.0 Å². The van der Waals surface area contributed by atoms with E-state index in [4.69, 9.17) is 0 Å². The first-order chi connectivity index (χ1) is 17.1. The number of aromatic nitrogens is 3. The molecule has 0 unspecified atom stereocenters. The Morgan fingerprint density at radius 2 is 1.64 bits per heavy atom. The number of carbonyl (C=O) groups excluding carboxylic acids is 2. The number of ether oxygens (including phenoxy) is 1. The maximum absolute atomic E-state index is 11.3. The first-order valence-corrected chi connectivity index (χ1v) is 11.2. The van der Waals surface area contributed by atoms with Gasteiger partial charge in [-0.1, -0.05) is 71.9 Å². The zero-order valence-corrected chi connectivity index (χ0v) is 22.3. The molecule has 1 aliphatic carbocycles. The van der Waals surface area contributed by atoms with Crippen LogP contribution in [0.5, 0.6) is 0 Å². The number of benzene rings is 3. The van der Waals surface area contributed by atoms with Gasteiger partial charge in [-0.3, -0.25) is 4.79 Å². The summed E-state index contributed by atoms with van der Waals surface area (Å²) >= 11 is 0. The third-order valence-corrected chi connectivity index (χ3v) is 5.99. The molecular formula is C27H25N4NaO4. The van der Waals surface area contributed by atoms with Crippen LogP contribution in [0.25, 0.3) is 16.8 Å². The van der Waals surface area contributed by atoms with E-state index in [1.165, 1.54) is 0 Å². The van der Waals surface area contributed by atoms with Crippen LogP contribution in [0.2, 0.25) is 0 Å². The molecule has 0 spiro atoms. The molecule has 178 valence electrons. The van der Waals surface area contributed by atoms with Crippen molar-refractivity contribution in [1.82, 2.24) is 15.0 Å². The standard InChI is InChI=1S/C19H18N4O2.C8H8O2.Na/c1-20-17-12-21-22-23(17)16-8-4-14(5-9-16)13-2-6-15(7-3-13)19(10-11-19)18(24)25;9-7-10-6-8-4-2-1-3-5-8;/h2-9,12,20H,10-11H2,1H3,(H,24,25);1-5,7H,6H2;/q;;+1/p-1. The monoisotopic (exact) mass is 492 g/mol. The third kappa shape index (κ3) is 6.20. The molecule has 1 heterocycles. The van der Waals surface area contributed by atoms with E-state index in [1.807, 2.05) is 85.9 Å². The molecule has 5 rings (SSSR count). The van der Waals surface area contributed by atoms with Crippen molar-refractivity contribution in [2.24, 2.45) is 0 Å². The average Bonchev–Trinajstić information content (AvgIpc) is 3.59. The van der Waals surface area contributed by atoms with Gasteiger partial charge in [-0.25, -0.2) is 0 Å². The minimum Gasteiger partial charge on any atom is -0.549 e. The molecule has 1 fully saturated rings. The van der Waals surface area contributed by atoms with Gasteiger partial charge < -0.3 is 20.0 Å². The van der Waals surface area contributed by atoms with Crippen molar-refractivity contribution in [2.45, 2.75) is 24.9 Å².